The van der Waals surface area contributed by atoms with Gasteiger partial charge in [-0.05, 0) is 95.4 Å². The molecule has 0 rings (SSSR count). The number of nitrogens with zero attached hydrogens (tertiary/aromatic N) is 1. The molecule has 0 saturated carbocycles. The van der Waals surface area contributed by atoms with Gasteiger partial charge in [0.15, 0.2) is 11.1 Å². The highest BCUT2D eigenvalue weighted by molar-refractivity contribution is 7.39. The molecule has 8 heteroatoms. The lowest BCUT2D eigenvalue weighted by Gasteiger charge is -2.36. The van der Waals surface area contributed by atoms with Crippen molar-refractivity contribution in [3.63, 3.8) is 0 Å². The van der Waals surface area contributed by atoms with Crippen molar-refractivity contribution in [3.8, 4) is 0 Å². The Balaban J connectivity index is 5.00. The maximum absolute atomic E-state index is 6.15. The van der Waals surface area contributed by atoms with Crippen molar-refractivity contribution in [3.05, 3.63) is 0 Å². The molecule has 3 unspecified atom stereocenters. The molecule has 0 bridgehead atoms. The van der Waals surface area contributed by atoms with Crippen LogP contribution in [0, 0.1) is 0 Å². The predicted octanol–water partition coefficient (Wildman–Crippen LogP) is 6.08. The smallest absolute Gasteiger partial charge is 0.181 e. The van der Waals surface area contributed by atoms with Gasteiger partial charge in [0, 0.05) is 19.7 Å². The molecule has 0 aliphatic heterocycles. The molecule has 3 atom stereocenters. The van der Waals surface area contributed by atoms with E-state index in [9.17, 15) is 0 Å². The van der Waals surface area contributed by atoms with E-state index in [1.165, 1.54) is 0 Å². The SMILES string of the molecule is CCOC(C)N(CCPC(C)(OC(C)C)OC(C)C)CCPC(C)(OC(C)C)OC(C)C. The third-order valence-corrected chi connectivity index (χ3v) is 7.16. The van der Waals surface area contributed by atoms with E-state index >= 15 is 0 Å². The fourth-order valence-corrected chi connectivity index (χ4v) is 6.68. The summed E-state index contributed by atoms with van der Waals surface area (Å²) in [6, 6.07) is 0. The van der Waals surface area contributed by atoms with Crippen LogP contribution in [0.25, 0.3) is 0 Å². The first-order chi connectivity index (χ1) is 14.7. The minimum absolute atomic E-state index is 0.0705. The molecule has 6 nitrogen and oxygen atoms in total. The van der Waals surface area contributed by atoms with Crippen LogP contribution in [-0.4, -0.2) is 78.6 Å². The van der Waals surface area contributed by atoms with Gasteiger partial charge in [-0.2, -0.15) is 0 Å². The quantitative estimate of drug-likeness (QED) is 0.159. The van der Waals surface area contributed by atoms with Gasteiger partial charge < -0.3 is 23.7 Å². The minimum Gasteiger partial charge on any atom is -0.364 e. The van der Waals surface area contributed by atoms with E-state index in [2.05, 4.69) is 81.1 Å². The molecule has 0 aliphatic carbocycles. The normalized spacial score (nSPS) is 15.3. The molecule has 0 saturated heterocycles. The zero-order chi connectivity index (χ0) is 24.9. The second kappa shape index (κ2) is 16.3. The van der Waals surface area contributed by atoms with E-state index in [4.69, 9.17) is 23.7 Å². The van der Waals surface area contributed by atoms with E-state index < -0.39 is 11.1 Å². The lowest BCUT2D eigenvalue weighted by molar-refractivity contribution is -0.199. The summed E-state index contributed by atoms with van der Waals surface area (Å²) < 4.78 is 30.5. The highest BCUT2D eigenvalue weighted by Gasteiger charge is 2.30. The summed E-state index contributed by atoms with van der Waals surface area (Å²) in [5, 5.41) is 0. The van der Waals surface area contributed by atoms with Crippen LogP contribution in [0.2, 0.25) is 0 Å². The number of ether oxygens (including phenoxy) is 5. The average Bonchev–Trinajstić information content (AvgIpc) is 2.57. The van der Waals surface area contributed by atoms with E-state index in [-0.39, 0.29) is 30.6 Å². The van der Waals surface area contributed by atoms with Crippen LogP contribution in [0.3, 0.4) is 0 Å². The Bertz CT molecular complexity index is 421. The molecule has 0 N–H and O–H groups in total. The van der Waals surface area contributed by atoms with Gasteiger partial charge in [-0.3, -0.25) is 4.90 Å². The lowest BCUT2D eigenvalue weighted by Crippen LogP contribution is -2.40. The van der Waals surface area contributed by atoms with Gasteiger partial charge in [-0.15, -0.1) is 0 Å². The monoisotopic (exact) mass is 497 g/mol. The van der Waals surface area contributed by atoms with Crippen molar-refractivity contribution < 1.29 is 23.7 Å². The summed E-state index contributed by atoms with van der Waals surface area (Å²) in [5.74, 6) is 0. The van der Waals surface area contributed by atoms with Gasteiger partial charge >= 0.3 is 0 Å². The molecule has 32 heavy (non-hydrogen) atoms. The molecule has 0 aliphatic rings. The molecule has 0 heterocycles. The Hall–Kier alpha value is 0.620. The Morgan fingerprint density at radius 1 is 0.625 bits per heavy atom. The van der Waals surface area contributed by atoms with Crippen molar-refractivity contribution in [1.82, 2.24) is 4.90 Å². The second-order valence-electron chi connectivity index (χ2n) is 9.50. The molecule has 194 valence electrons. The minimum atomic E-state index is -0.542. The zero-order valence-corrected chi connectivity index (χ0v) is 24.9. The summed E-state index contributed by atoms with van der Waals surface area (Å²) in [4.78, 5) is 2.42. The standard InChI is InChI=1S/C24H53NO5P2/c1-13-26-22(10)25(14-16-31-23(11,27-18(2)3)28-19(4)5)15-17-32-24(12,29-20(6)7)30-21(8)9/h18-22,31-32H,13-17H2,1-12H3. The van der Waals surface area contributed by atoms with Crippen molar-refractivity contribution in [2.75, 3.05) is 32.0 Å². The van der Waals surface area contributed by atoms with E-state index in [1.807, 2.05) is 6.92 Å². The zero-order valence-electron chi connectivity index (χ0n) is 22.9. The predicted molar refractivity (Wildman–Crippen MR) is 141 cm³/mol. The van der Waals surface area contributed by atoms with Crippen molar-refractivity contribution >= 4 is 17.2 Å². The highest BCUT2D eigenvalue weighted by atomic mass is 31.1. The van der Waals surface area contributed by atoms with E-state index in [1.54, 1.807) is 0 Å². The van der Waals surface area contributed by atoms with Gasteiger partial charge in [-0.25, -0.2) is 0 Å². The molecule has 0 aromatic heterocycles. The van der Waals surface area contributed by atoms with Crippen LogP contribution in [0.15, 0.2) is 0 Å². The van der Waals surface area contributed by atoms with Crippen molar-refractivity contribution in [1.29, 1.82) is 0 Å². The van der Waals surface area contributed by atoms with Crippen LogP contribution < -0.4 is 0 Å². The van der Waals surface area contributed by atoms with Gasteiger partial charge in [0.1, 0.15) is 6.23 Å². The molecule has 0 aromatic carbocycles. The van der Waals surface area contributed by atoms with Gasteiger partial charge in [-0.1, -0.05) is 17.2 Å². The first-order valence-corrected chi connectivity index (χ1v) is 14.7. The van der Waals surface area contributed by atoms with Gasteiger partial charge in [0.05, 0.1) is 24.4 Å². The maximum Gasteiger partial charge on any atom is 0.181 e. The Kier molecular flexibility index (Phi) is 16.6. The Morgan fingerprint density at radius 2 is 0.938 bits per heavy atom. The maximum atomic E-state index is 6.15. The molecule has 0 spiro atoms. The third-order valence-electron chi connectivity index (χ3n) is 4.45. The first-order valence-electron chi connectivity index (χ1n) is 12.3. The lowest BCUT2D eigenvalue weighted by atomic mass is 10.4. The summed E-state index contributed by atoms with van der Waals surface area (Å²) in [6.07, 6.45) is 2.59. The number of hydrogen-bond donors (Lipinski definition) is 0. The topological polar surface area (TPSA) is 49.4 Å². The second-order valence-corrected chi connectivity index (χ2v) is 13.0. The fourth-order valence-electron chi connectivity index (χ4n) is 3.70. The summed E-state index contributed by atoms with van der Waals surface area (Å²) in [5.41, 5.74) is -1.08. The molecule has 0 fully saturated rings. The molecular weight excluding hydrogens is 444 g/mol. The number of rotatable bonds is 19. The van der Waals surface area contributed by atoms with Crippen LogP contribution in [0.1, 0.15) is 83.1 Å². The highest BCUT2D eigenvalue weighted by Crippen LogP contribution is 2.38. The third kappa shape index (κ3) is 15.5. The summed E-state index contributed by atoms with van der Waals surface area (Å²) in [7, 11) is 1.10. The van der Waals surface area contributed by atoms with Gasteiger partial charge in [0.25, 0.3) is 0 Å². The summed E-state index contributed by atoms with van der Waals surface area (Å²) in [6.45, 7) is 27.4. The molecule has 0 aromatic rings. The molecule has 0 radical (unpaired) electrons. The van der Waals surface area contributed by atoms with Crippen molar-refractivity contribution in [2.24, 2.45) is 0 Å². The molecule has 0 amide bonds. The van der Waals surface area contributed by atoms with E-state index in [0.717, 1.165) is 25.4 Å². The van der Waals surface area contributed by atoms with E-state index in [0.29, 0.717) is 23.8 Å². The average molecular weight is 498 g/mol. The molecular formula is C24H53NO5P2. The Morgan fingerprint density at radius 3 is 1.19 bits per heavy atom. The first kappa shape index (κ1) is 32.6. The summed E-state index contributed by atoms with van der Waals surface area (Å²) >= 11 is 0. The Labute approximate surface area is 202 Å². The van der Waals surface area contributed by atoms with Crippen LogP contribution in [-0.2, 0) is 23.7 Å². The van der Waals surface area contributed by atoms with Crippen LogP contribution in [0.4, 0.5) is 0 Å². The van der Waals surface area contributed by atoms with Crippen LogP contribution in [0.5, 0.6) is 0 Å². The fraction of sp³-hybridized carbons (Fsp3) is 1.00. The van der Waals surface area contributed by atoms with Crippen molar-refractivity contribution in [2.45, 2.75) is 125 Å². The van der Waals surface area contributed by atoms with Gasteiger partial charge in [0.2, 0.25) is 0 Å². The largest absolute Gasteiger partial charge is 0.364 e. The number of hydrogen-bond acceptors (Lipinski definition) is 6. The van der Waals surface area contributed by atoms with Crippen LogP contribution >= 0.6 is 17.2 Å².